The Morgan fingerprint density at radius 1 is 1.70 bits per heavy atom. The molecular formula is C13H22N4O2S. The molecule has 2 rings (SSSR count). The Kier molecular flexibility index (Phi) is 5.90. The van der Waals surface area contributed by atoms with Crippen LogP contribution >= 0.6 is 11.3 Å². The maximum atomic E-state index is 11.0. The number of anilines is 1. The smallest absolute Gasteiger partial charge is 0.223 e. The Bertz CT molecular complexity index is 432. The zero-order chi connectivity index (χ0) is 14.4. The molecule has 20 heavy (non-hydrogen) atoms. The van der Waals surface area contributed by atoms with Crippen molar-refractivity contribution in [3.05, 3.63) is 11.1 Å². The lowest BCUT2D eigenvalue weighted by molar-refractivity contribution is -0.114. The second kappa shape index (κ2) is 7.68. The molecule has 0 saturated carbocycles. The minimum Gasteiger partial charge on any atom is -0.395 e. The average molecular weight is 298 g/mol. The van der Waals surface area contributed by atoms with Crippen molar-refractivity contribution in [2.75, 3.05) is 31.6 Å². The van der Waals surface area contributed by atoms with Gasteiger partial charge in [-0.2, -0.15) is 0 Å². The summed E-state index contributed by atoms with van der Waals surface area (Å²) >= 11 is 1.43. The largest absolute Gasteiger partial charge is 0.395 e. The Hall–Kier alpha value is -1.02. The second-order valence-corrected chi connectivity index (χ2v) is 5.94. The van der Waals surface area contributed by atoms with Gasteiger partial charge in [0.2, 0.25) is 5.91 Å². The average Bonchev–Trinajstić information content (AvgIpc) is 3.01. The van der Waals surface area contributed by atoms with Crippen molar-refractivity contribution in [2.24, 2.45) is 0 Å². The third-order valence-corrected chi connectivity index (χ3v) is 4.08. The Balaban J connectivity index is 1.89. The minimum absolute atomic E-state index is 0.103. The van der Waals surface area contributed by atoms with Gasteiger partial charge in [0, 0.05) is 38.0 Å². The number of rotatable bonds is 7. The van der Waals surface area contributed by atoms with E-state index in [4.69, 9.17) is 0 Å². The lowest BCUT2D eigenvalue weighted by Crippen LogP contribution is -2.38. The molecule has 1 aliphatic heterocycles. The van der Waals surface area contributed by atoms with Gasteiger partial charge in [-0.25, -0.2) is 4.98 Å². The normalized spacial score (nSPS) is 18.6. The molecule has 1 fully saturated rings. The summed E-state index contributed by atoms with van der Waals surface area (Å²) in [5.41, 5.74) is 0.935. The molecule has 1 aromatic rings. The van der Waals surface area contributed by atoms with Gasteiger partial charge in [0.05, 0.1) is 12.3 Å². The molecule has 112 valence electrons. The molecule has 2 heterocycles. The maximum Gasteiger partial charge on any atom is 0.223 e. The highest BCUT2D eigenvalue weighted by Gasteiger charge is 2.18. The van der Waals surface area contributed by atoms with Crippen molar-refractivity contribution in [1.29, 1.82) is 0 Å². The van der Waals surface area contributed by atoms with Crippen LogP contribution in [0.25, 0.3) is 0 Å². The first kappa shape index (κ1) is 15.4. The summed E-state index contributed by atoms with van der Waals surface area (Å²) in [6.07, 6.45) is 2.41. The number of nitrogens with one attached hydrogen (secondary N) is 2. The van der Waals surface area contributed by atoms with Crippen LogP contribution in [-0.4, -0.2) is 53.2 Å². The van der Waals surface area contributed by atoms with Gasteiger partial charge in [0.15, 0.2) is 5.13 Å². The molecule has 1 saturated heterocycles. The number of amides is 1. The first-order valence-corrected chi connectivity index (χ1v) is 7.84. The van der Waals surface area contributed by atoms with Crippen molar-refractivity contribution < 1.29 is 9.90 Å². The maximum absolute atomic E-state index is 11.0. The van der Waals surface area contributed by atoms with Crippen molar-refractivity contribution in [3.63, 3.8) is 0 Å². The van der Waals surface area contributed by atoms with Crippen LogP contribution in [0.2, 0.25) is 0 Å². The summed E-state index contributed by atoms with van der Waals surface area (Å²) in [5, 5.41) is 17.9. The second-order valence-electron chi connectivity index (χ2n) is 5.08. The van der Waals surface area contributed by atoms with E-state index in [0.29, 0.717) is 24.3 Å². The molecule has 7 heteroatoms. The molecule has 1 atom stereocenters. The third kappa shape index (κ3) is 4.82. The van der Waals surface area contributed by atoms with Gasteiger partial charge in [-0.05, 0) is 19.4 Å². The summed E-state index contributed by atoms with van der Waals surface area (Å²) in [6.45, 7) is 4.98. The fraction of sp³-hybridized carbons (Fsp3) is 0.692. The number of aliphatic hydroxyl groups excluding tert-OH is 1. The summed E-state index contributed by atoms with van der Waals surface area (Å²) in [4.78, 5) is 17.6. The van der Waals surface area contributed by atoms with E-state index in [-0.39, 0.29) is 12.5 Å². The summed E-state index contributed by atoms with van der Waals surface area (Å²) < 4.78 is 0. The van der Waals surface area contributed by atoms with Crippen LogP contribution in [0.4, 0.5) is 5.13 Å². The predicted molar refractivity (Wildman–Crippen MR) is 79.8 cm³/mol. The molecule has 1 aromatic heterocycles. The number of hydrogen-bond donors (Lipinski definition) is 3. The molecule has 0 spiro atoms. The van der Waals surface area contributed by atoms with Gasteiger partial charge in [-0.3, -0.25) is 9.69 Å². The van der Waals surface area contributed by atoms with Gasteiger partial charge in [0.1, 0.15) is 0 Å². The van der Waals surface area contributed by atoms with Crippen molar-refractivity contribution in [3.8, 4) is 0 Å². The van der Waals surface area contributed by atoms with Crippen LogP contribution in [0.3, 0.4) is 0 Å². The molecule has 0 bridgehead atoms. The Morgan fingerprint density at radius 3 is 3.20 bits per heavy atom. The fourth-order valence-electron chi connectivity index (χ4n) is 2.42. The van der Waals surface area contributed by atoms with E-state index in [1.807, 2.05) is 5.38 Å². The zero-order valence-corrected chi connectivity index (χ0v) is 12.6. The van der Waals surface area contributed by atoms with Crippen molar-refractivity contribution in [2.45, 2.75) is 32.4 Å². The van der Waals surface area contributed by atoms with E-state index in [2.05, 4.69) is 20.5 Å². The van der Waals surface area contributed by atoms with E-state index in [0.717, 1.165) is 18.8 Å². The number of hydrogen-bond acceptors (Lipinski definition) is 6. The molecule has 0 radical (unpaired) electrons. The SMILES string of the molecule is CC(=O)Nc1nc(CN(CCO)CC2CCCN2)cs1. The van der Waals surface area contributed by atoms with E-state index < -0.39 is 0 Å². The highest BCUT2D eigenvalue weighted by Crippen LogP contribution is 2.17. The van der Waals surface area contributed by atoms with Crippen LogP contribution in [0.5, 0.6) is 0 Å². The lowest BCUT2D eigenvalue weighted by Gasteiger charge is -2.24. The number of aromatic nitrogens is 1. The summed E-state index contributed by atoms with van der Waals surface area (Å²) in [6, 6.07) is 0.509. The number of carbonyl (C=O) groups is 1. The first-order chi connectivity index (χ1) is 9.67. The quantitative estimate of drug-likeness (QED) is 0.689. The van der Waals surface area contributed by atoms with E-state index in [1.165, 1.54) is 31.1 Å². The van der Waals surface area contributed by atoms with Gasteiger partial charge in [0.25, 0.3) is 0 Å². The van der Waals surface area contributed by atoms with Gasteiger partial charge in [-0.15, -0.1) is 11.3 Å². The first-order valence-electron chi connectivity index (χ1n) is 6.96. The van der Waals surface area contributed by atoms with E-state index in [9.17, 15) is 9.90 Å². The summed E-state index contributed by atoms with van der Waals surface area (Å²) in [7, 11) is 0. The highest BCUT2D eigenvalue weighted by molar-refractivity contribution is 7.13. The Labute approximate surface area is 123 Å². The zero-order valence-electron chi connectivity index (χ0n) is 11.8. The monoisotopic (exact) mass is 298 g/mol. The number of nitrogens with zero attached hydrogens (tertiary/aromatic N) is 2. The number of thiazole rings is 1. The third-order valence-electron chi connectivity index (χ3n) is 3.28. The van der Waals surface area contributed by atoms with E-state index in [1.54, 1.807) is 0 Å². The fourth-order valence-corrected chi connectivity index (χ4v) is 3.16. The molecule has 0 aromatic carbocycles. The molecule has 1 aliphatic rings. The van der Waals surface area contributed by atoms with Crippen molar-refractivity contribution in [1.82, 2.24) is 15.2 Å². The topological polar surface area (TPSA) is 77.5 Å². The molecule has 6 nitrogen and oxygen atoms in total. The minimum atomic E-state index is -0.103. The van der Waals surface area contributed by atoms with E-state index >= 15 is 0 Å². The van der Waals surface area contributed by atoms with Crippen LogP contribution in [-0.2, 0) is 11.3 Å². The molecule has 3 N–H and O–H groups in total. The van der Waals surface area contributed by atoms with Crippen LogP contribution in [0.15, 0.2) is 5.38 Å². The van der Waals surface area contributed by atoms with Gasteiger partial charge >= 0.3 is 0 Å². The molecule has 0 aliphatic carbocycles. The predicted octanol–water partition coefficient (Wildman–Crippen LogP) is 0.648. The standard InChI is InChI=1S/C13H22N4O2S/c1-10(19)15-13-16-12(9-20-13)8-17(5-6-18)7-11-3-2-4-14-11/h9,11,14,18H,2-8H2,1H3,(H,15,16,19). The van der Waals surface area contributed by atoms with Gasteiger partial charge in [-0.1, -0.05) is 0 Å². The molecular weight excluding hydrogens is 276 g/mol. The lowest BCUT2D eigenvalue weighted by atomic mass is 10.2. The number of carbonyl (C=O) groups excluding carboxylic acids is 1. The van der Waals surface area contributed by atoms with Crippen LogP contribution in [0.1, 0.15) is 25.5 Å². The van der Waals surface area contributed by atoms with Crippen molar-refractivity contribution >= 4 is 22.4 Å². The molecule has 1 amide bonds. The number of aliphatic hydroxyl groups is 1. The Morgan fingerprint density at radius 2 is 2.55 bits per heavy atom. The van der Waals surface area contributed by atoms with Gasteiger partial charge < -0.3 is 15.7 Å². The van der Waals surface area contributed by atoms with Crippen LogP contribution < -0.4 is 10.6 Å². The molecule has 1 unspecified atom stereocenters. The van der Waals surface area contributed by atoms with Crippen LogP contribution in [0, 0.1) is 0 Å². The highest BCUT2D eigenvalue weighted by atomic mass is 32.1. The summed E-state index contributed by atoms with van der Waals surface area (Å²) in [5.74, 6) is -0.103.